The van der Waals surface area contributed by atoms with Crippen molar-refractivity contribution >= 4 is 35.0 Å². The highest BCUT2D eigenvalue weighted by atomic mass is 32.2. The fourth-order valence-corrected chi connectivity index (χ4v) is 4.26. The molecular formula is C26H25N5O3S. The number of aromatic nitrogens is 3. The Kier molecular flexibility index (Phi) is 7.79. The number of ether oxygens (including phenoxy) is 1. The molecule has 0 saturated heterocycles. The van der Waals surface area contributed by atoms with Crippen LogP contribution < -0.4 is 10.6 Å². The van der Waals surface area contributed by atoms with E-state index in [0.29, 0.717) is 23.0 Å². The first-order valence-corrected chi connectivity index (χ1v) is 11.9. The number of hydrogen-bond acceptors (Lipinski definition) is 7. The fourth-order valence-electron chi connectivity index (χ4n) is 3.49. The first kappa shape index (κ1) is 24.0. The number of carbonyl (C=O) groups is 2. The van der Waals surface area contributed by atoms with Gasteiger partial charge in [0.05, 0.1) is 30.7 Å². The number of aryl methyl sites for hydroxylation is 1. The number of nitrogens with one attached hydrogen (secondary N) is 2. The number of amides is 1. The van der Waals surface area contributed by atoms with Crippen molar-refractivity contribution in [3.05, 3.63) is 95.8 Å². The Balaban J connectivity index is 1.50. The molecule has 35 heavy (non-hydrogen) atoms. The van der Waals surface area contributed by atoms with Gasteiger partial charge in [-0.25, -0.2) is 4.79 Å². The minimum atomic E-state index is -0.511. The van der Waals surface area contributed by atoms with Crippen molar-refractivity contribution in [1.29, 1.82) is 0 Å². The molecule has 0 unspecified atom stereocenters. The van der Waals surface area contributed by atoms with E-state index in [1.165, 1.54) is 18.9 Å². The average Bonchev–Trinajstić information content (AvgIpc) is 3.30. The zero-order chi connectivity index (χ0) is 24.6. The average molecular weight is 488 g/mol. The standard InChI is InChI=1S/C26H25N5O3S/c1-18-10-6-8-14-21(18)27-16-23-29-30-26(31(23)19-11-4-3-5-12-19)35-17-24(32)28-22-15-9-7-13-20(22)25(33)34-2/h3-15,27H,16-17H2,1-2H3,(H,28,32). The second-order valence-corrected chi connectivity index (χ2v) is 8.55. The second-order valence-electron chi connectivity index (χ2n) is 7.61. The van der Waals surface area contributed by atoms with Gasteiger partial charge in [-0.2, -0.15) is 0 Å². The quantitative estimate of drug-likeness (QED) is 0.261. The van der Waals surface area contributed by atoms with Gasteiger partial charge in [0, 0.05) is 11.4 Å². The van der Waals surface area contributed by atoms with Crippen LogP contribution in [-0.2, 0) is 16.1 Å². The first-order chi connectivity index (χ1) is 17.1. The lowest BCUT2D eigenvalue weighted by atomic mass is 10.2. The van der Waals surface area contributed by atoms with E-state index in [9.17, 15) is 9.59 Å². The minimum absolute atomic E-state index is 0.0890. The lowest BCUT2D eigenvalue weighted by molar-refractivity contribution is -0.113. The number of methoxy groups -OCH3 is 1. The van der Waals surface area contributed by atoms with Crippen LogP contribution in [0.25, 0.3) is 5.69 Å². The molecule has 0 bridgehead atoms. The molecule has 1 amide bonds. The molecule has 0 spiro atoms. The summed E-state index contributed by atoms with van der Waals surface area (Å²) >= 11 is 1.27. The smallest absolute Gasteiger partial charge is 0.339 e. The van der Waals surface area contributed by atoms with Crippen molar-refractivity contribution < 1.29 is 14.3 Å². The Morgan fingerprint density at radius 3 is 2.34 bits per heavy atom. The molecule has 0 aliphatic heterocycles. The van der Waals surface area contributed by atoms with Crippen molar-refractivity contribution in [1.82, 2.24) is 14.8 Å². The number of benzene rings is 3. The molecule has 0 aliphatic rings. The zero-order valence-corrected chi connectivity index (χ0v) is 20.2. The van der Waals surface area contributed by atoms with Crippen LogP contribution in [0.3, 0.4) is 0 Å². The number of hydrogen-bond donors (Lipinski definition) is 2. The summed E-state index contributed by atoms with van der Waals surface area (Å²) in [5, 5.41) is 15.5. The summed E-state index contributed by atoms with van der Waals surface area (Å²) in [5.41, 5.74) is 3.76. The van der Waals surface area contributed by atoms with Crippen LogP contribution in [0.1, 0.15) is 21.7 Å². The zero-order valence-electron chi connectivity index (χ0n) is 19.4. The van der Waals surface area contributed by atoms with Crippen molar-refractivity contribution in [3.63, 3.8) is 0 Å². The summed E-state index contributed by atoms with van der Waals surface area (Å²) in [6.07, 6.45) is 0. The summed E-state index contributed by atoms with van der Waals surface area (Å²) in [7, 11) is 1.30. The minimum Gasteiger partial charge on any atom is -0.465 e. The van der Waals surface area contributed by atoms with Crippen molar-refractivity contribution in [2.45, 2.75) is 18.6 Å². The fraction of sp³-hybridized carbons (Fsp3) is 0.154. The number of carbonyl (C=O) groups excluding carboxylic acids is 2. The number of thioether (sulfide) groups is 1. The van der Waals surface area contributed by atoms with Crippen molar-refractivity contribution in [2.24, 2.45) is 0 Å². The Labute approximate surface area is 207 Å². The Morgan fingerprint density at radius 1 is 0.914 bits per heavy atom. The maximum Gasteiger partial charge on any atom is 0.339 e. The van der Waals surface area contributed by atoms with E-state index in [2.05, 4.69) is 20.8 Å². The van der Waals surface area contributed by atoms with E-state index in [-0.39, 0.29) is 11.7 Å². The van der Waals surface area contributed by atoms with Gasteiger partial charge in [0.15, 0.2) is 11.0 Å². The number of para-hydroxylation sites is 3. The van der Waals surface area contributed by atoms with Gasteiger partial charge in [-0.3, -0.25) is 9.36 Å². The van der Waals surface area contributed by atoms with Gasteiger partial charge < -0.3 is 15.4 Å². The monoisotopic (exact) mass is 487 g/mol. The van der Waals surface area contributed by atoms with Gasteiger partial charge in [0.2, 0.25) is 5.91 Å². The van der Waals surface area contributed by atoms with Gasteiger partial charge in [0.1, 0.15) is 0 Å². The maximum absolute atomic E-state index is 12.7. The van der Waals surface area contributed by atoms with E-state index in [1.54, 1.807) is 24.3 Å². The summed E-state index contributed by atoms with van der Waals surface area (Å²) in [4.78, 5) is 24.7. The summed E-state index contributed by atoms with van der Waals surface area (Å²) in [5.74, 6) is 0.0289. The lowest BCUT2D eigenvalue weighted by Gasteiger charge is -2.13. The largest absolute Gasteiger partial charge is 0.465 e. The van der Waals surface area contributed by atoms with E-state index in [0.717, 1.165) is 22.8 Å². The number of nitrogens with zero attached hydrogens (tertiary/aromatic N) is 3. The van der Waals surface area contributed by atoms with Gasteiger partial charge in [0.25, 0.3) is 0 Å². The molecular weight excluding hydrogens is 462 g/mol. The van der Waals surface area contributed by atoms with Crippen LogP contribution in [0.5, 0.6) is 0 Å². The van der Waals surface area contributed by atoms with Crippen LogP contribution in [-0.4, -0.2) is 39.5 Å². The van der Waals surface area contributed by atoms with Crippen LogP contribution in [0.15, 0.2) is 84.0 Å². The summed E-state index contributed by atoms with van der Waals surface area (Å²) in [6, 6.07) is 24.5. The van der Waals surface area contributed by atoms with Crippen molar-refractivity contribution in [3.8, 4) is 5.69 Å². The number of rotatable bonds is 9. The number of anilines is 2. The molecule has 0 atom stereocenters. The van der Waals surface area contributed by atoms with Crippen LogP contribution in [0.2, 0.25) is 0 Å². The molecule has 1 aromatic heterocycles. The topological polar surface area (TPSA) is 98.1 Å². The molecule has 9 heteroatoms. The van der Waals surface area contributed by atoms with E-state index < -0.39 is 5.97 Å². The van der Waals surface area contributed by atoms with Gasteiger partial charge in [-0.15, -0.1) is 10.2 Å². The predicted octanol–water partition coefficient (Wildman–Crippen LogP) is 4.71. The van der Waals surface area contributed by atoms with Gasteiger partial charge in [-0.1, -0.05) is 60.3 Å². The molecule has 0 aliphatic carbocycles. The lowest BCUT2D eigenvalue weighted by Crippen LogP contribution is -2.17. The molecule has 0 radical (unpaired) electrons. The predicted molar refractivity (Wildman–Crippen MR) is 137 cm³/mol. The van der Waals surface area contributed by atoms with Gasteiger partial charge >= 0.3 is 5.97 Å². The summed E-state index contributed by atoms with van der Waals surface area (Å²) < 4.78 is 6.73. The highest BCUT2D eigenvalue weighted by Crippen LogP contribution is 2.24. The molecule has 0 saturated carbocycles. The Morgan fingerprint density at radius 2 is 1.60 bits per heavy atom. The third-order valence-corrected chi connectivity index (χ3v) is 6.16. The second kappa shape index (κ2) is 11.3. The van der Waals surface area contributed by atoms with E-state index in [1.807, 2.05) is 66.1 Å². The molecule has 0 fully saturated rings. The van der Waals surface area contributed by atoms with E-state index >= 15 is 0 Å². The Hall–Kier alpha value is -4.11. The van der Waals surface area contributed by atoms with Crippen LogP contribution >= 0.6 is 11.8 Å². The maximum atomic E-state index is 12.7. The molecule has 2 N–H and O–H groups in total. The Bertz CT molecular complexity index is 1320. The number of esters is 1. The molecule has 8 nitrogen and oxygen atoms in total. The van der Waals surface area contributed by atoms with Crippen molar-refractivity contribution in [2.75, 3.05) is 23.5 Å². The SMILES string of the molecule is COC(=O)c1ccccc1NC(=O)CSc1nnc(CNc2ccccc2C)n1-c1ccccc1. The molecule has 4 rings (SSSR count). The van der Waals surface area contributed by atoms with E-state index in [4.69, 9.17) is 4.74 Å². The third-order valence-electron chi connectivity index (χ3n) is 5.24. The highest BCUT2D eigenvalue weighted by molar-refractivity contribution is 7.99. The summed E-state index contributed by atoms with van der Waals surface area (Å²) in [6.45, 7) is 2.51. The first-order valence-electron chi connectivity index (χ1n) is 11.0. The highest BCUT2D eigenvalue weighted by Gasteiger charge is 2.17. The van der Waals surface area contributed by atoms with Crippen LogP contribution in [0, 0.1) is 6.92 Å². The van der Waals surface area contributed by atoms with Crippen LogP contribution in [0.4, 0.5) is 11.4 Å². The normalized spacial score (nSPS) is 10.6. The van der Waals surface area contributed by atoms with Gasteiger partial charge in [-0.05, 0) is 42.8 Å². The third kappa shape index (κ3) is 5.88. The molecule has 178 valence electrons. The molecule has 1 heterocycles. The molecule has 3 aromatic carbocycles. The molecule has 4 aromatic rings.